The van der Waals surface area contributed by atoms with Crippen LogP contribution in [0.5, 0.6) is 23.0 Å². The Kier molecular flexibility index (Phi) is 12.8. The molecule has 0 radical (unpaired) electrons. The number of aromatic amines is 1. The molecule has 0 aliphatic carbocycles. The SMILES string of the molecule is COc1cc(N=Nc2ccc([N+](=O)[O-])cc2S(C)(=O)=O)ccc1N(C)C(=O)Oc1c(C)[nH]n2c(Cc3ccc(NC(=O)C(C)Oc4ccc(S(=O)(=O)c5ccc(O)cc5)cc4)cc3)nnc12. The number of rotatable bonds is 15. The van der Waals surface area contributed by atoms with Gasteiger partial charge in [0, 0.05) is 43.6 Å². The van der Waals surface area contributed by atoms with Crippen LogP contribution in [0, 0.1) is 17.0 Å². The number of sulfone groups is 2. The summed E-state index contributed by atoms with van der Waals surface area (Å²) in [4.78, 5) is 37.8. The zero-order valence-corrected chi connectivity index (χ0v) is 37.2. The van der Waals surface area contributed by atoms with Crippen LogP contribution >= 0.6 is 0 Å². The molecule has 23 heteroatoms. The van der Waals surface area contributed by atoms with Gasteiger partial charge in [0.1, 0.15) is 27.8 Å². The lowest BCUT2D eigenvalue weighted by atomic mass is 10.1. The number of non-ortho nitro benzene ring substituents is 1. The van der Waals surface area contributed by atoms with E-state index in [0.29, 0.717) is 23.6 Å². The Morgan fingerprint density at radius 3 is 2.23 bits per heavy atom. The first-order chi connectivity index (χ1) is 31.3. The molecule has 340 valence electrons. The molecule has 1 unspecified atom stereocenters. The van der Waals surface area contributed by atoms with E-state index >= 15 is 0 Å². The second kappa shape index (κ2) is 18.5. The quantitative estimate of drug-likeness (QED) is 0.0518. The van der Waals surface area contributed by atoms with E-state index in [0.717, 1.165) is 24.0 Å². The number of H-pyrrole nitrogens is 1. The predicted octanol–water partition coefficient (Wildman–Crippen LogP) is 7.27. The van der Waals surface area contributed by atoms with Gasteiger partial charge in [0.05, 0.1) is 38.9 Å². The molecule has 2 heterocycles. The molecule has 1 atom stereocenters. The van der Waals surface area contributed by atoms with Crippen molar-refractivity contribution in [2.75, 3.05) is 30.6 Å². The minimum Gasteiger partial charge on any atom is -0.508 e. The lowest BCUT2D eigenvalue weighted by molar-refractivity contribution is -0.385. The van der Waals surface area contributed by atoms with Gasteiger partial charge in [-0.15, -0.1) is 15.3 Å². The number of hydrogen-bond donors (Lipinski definition) is 3. The minimum atomic E-state index is -3.89. The normalized spacial score (nSPS) is 12.2. The number of fused-ring (bicyclic) bond motifs is 1. The highest BCUT2D eigenvalue weighted by Crippen LogP contribution is 2.36. The lowest BCUT2D eigenvalue weighted by Gasteiger charge is -2.19. The van der Waals surface area contributed by atoms with Crippen molar-refractivity contribution in [3.05, 3.63) is 136 Å². The molecule has 0 aliphatic heterocycles. The fraction of sp³-hybridized carbons (Fsp3) is 0.163. The standard InChI is InChI=1S/C43H39N9O12S2/c1-25-40(64-43(55)50(3)36-21-10-29(23-37(36)62-4)45-46-35-20-11-30(52(56)57)24-38(35)65(5,58)59)41-48-47-39(51(41)49-25)22-27-6-8-28(9-7-27)44-42(54)26(2)63-32-14-18-34(19-15-32)66(60,61)33-16-12-31(53)13-17-33/h6-21,23-24,26,49,53H,22H2,1-5H3,(H,44,54). The topological polar surface area (TPSA) is 279 Å². The third-order valence-electron chi connectivity index (χ3n) is 9.91. The van der Waals surface area contributed by atoms with Gasteiger partial charge in [-0.3, -0.25) is 24.9 Å². The van der Waals surface area contributed by atoms with Gasteiger partial charge in [0.2, 0.25) is 15.5 Å². The van der Waals surface area contributed by atoms with Crippen LogP contribution in [0.2, 0.25) is 0 Å². The van der Waals surface area contributed by atoms with Crippen molar-refractivity contribution in [3.8, 4) is 23.0 Å². The molecular weight excluding hydrogens is 899 g/mol. The van der Waals surface area contributed by atoms with Crippen LogP contribution < -0.4 is 24.4 Å². The first-order valence-corrected chi connectivity index (χ1v) is 22.9. The van der Waals surface area contributed by atoms with E-state index in [1.54, 1.807) is 42.6 Å². The fourth-order valence-electron chi connectivity index (χ4n) is 6.42. The molecule has 0 aliphatic rings. The Morgan fingerprint density at radius 2 is 1.59 bits per heavy atom. The fourth-order valence-corrected chi connectivity index (χ4v) is 8.50. The van der Waals surface area contributed by atoms with Crippen LogP contribution in [0.1, 0.15) is 24.0 Å². The van der Waals surface area contributed by atoms with Gasteiger partial charge < -0.3 is 24.6 Å². The summed E-state index contributed by atoms with van der Waals surface area (Å²) >= 11 is 0. The van der Waals surface area contributed by atoms with E-state index in [2.05, 4.69) is 30.8 Å². The molecule has 0 bridgehead atoms. The maximum Gasteiger partial charge on any atom is 0.419 e. The number of azo groups is 1. The average molecular weight is 938 g/mol. The number of nitrogens with zero attached hydrogens (tertiary/aromatic N) is 7. The van der Waals surface area contributed by atoms with E-state index in [9.17, 15) is 41.6 Å². The number of phenols is 1. The Balaban J connectivity index is 0.962. The van der Waals surface area contributed by atoms with E-state index in [1.807, 2.05) is 0 Å². The van der Waals surface area contributed by atoms with Gasteiger partial charge in [0.15, 0.2) is 27.5 Å². The first kappa shape index (κ1) is 45.8. The van der Waals surface area contributed by atoms with Crippen LogP contribution in [0.3, 0.4) is 0 Å². The number of carbonyl (C=O) groups excluding carboxylic acids is 2. The number of carbonyl (C=O) groups is 2. The van der Waals surface area contributed by atoms with Crippen molar-refractivity contribution in [1.29, 1.82) is 0 Å². The number of aromatic hydroxyl groups is 1. The highest BCUT2D eigenvalue weighted by Gasteiger charge is 2.25. The van der Waals surface area contributed by atoms with Crippen LogP contribution in [-0.2, 0) is 30.9 Å². The number of benzene rings is 5. The molecule has 2 aromatic heterocycles. The summed E-state index contributed by atoms with van der Waals surface area (Å²) in [5.41, 5.74) is 2.02. The van der Waals surface area contributed by atoms with E-state index in [1.165, 1.54) is 91.9 Å². The van der Waals surface area contributed by atoms with Crippen molar-refractivity contribution in [1.82, 2.24) is 19.8 Å². The number of nitrogens with one attached hydrogen (secondary N) is 2. The molecule has 3 N–H and O–H groups in total. The Labute approximate surface area is 376 Å². The zero-order chi connectivity index (χ0) is 47.5. The largest absolute Gasteiger partial charge is 0.508 e. The second-order valence-corrected chi connectivity index (χ2v) is 18.5. The summed E-state index contributed by atoms with van der Waals surface area (Å²) in [6.45, 7) is 3.25. The van der Waals surface area contributed by atoms with Crippen molar-refractivity contribution >= 4 is 65.8 Å². The van der Waals surface area contributed by atoms with Crippen LogP contribution in [0.15, 0.2) is 134 Å². The number of amides is 2. The maximum atomic E-state index is 13.5. The molecule has 7 rings (SSSR count). The number of nitro groups is 1. The number of aromatic nitrogens is 4. The number of hydrogen-bond acceptors (Lipinski definition) is 16. The van der Waals surface area contributed by atoms with Crippen LogP contribution in [-0.4, -0.2) is 85.2 Å². The number of nitro benzene ring substituents is 1. The molecule has 0 fully saturated rings. The monoisotopic (exact) mass is 937 g/mol. The van der Waals surface area contributed by atoms with Crippen molar-refractivity contribution in [2.45, 2.75) is 41.1 Å². The highest BCUT2D eigenvalue weighted by atomic mass is 32.2. The number of phenolic OH excluding ortho intramolecular Hbond substituents is 1. The summed E-state index contributed by atoms with van der Waals surface area (Å²) in [6.07, 6.45) is -0.523. The number of anilines is 2. The third-order valence-corrected chi connectivity index (χ3v) is 12.8. The second-order valence-electron chi connectivity index (χ2n) is 14.6. The van der Waals surface area contributed by atoms with Gasteiger partial charge in [-0.05, 0) is 98.3 Å². The maximum absolute atomic E-state index is 13.5. The van der Waals surface area contributed by atoms with E-state index < -0.39 is 48.4 Å². The first-order valence-electron chi connectivity index (χ1n) is 19.5. The molecular formula is C43H39N9O12S2. The van der Waals surface area contributed by atoms with Gasteiger partial charge in [-0.25, -0.2) is 26.1 Å². The van der Waals surface area contributed by atoms with Gasteiger partial charge >= 0.3 is 6.09 Å². The van der Waals surface area contributed by atoms with E-state index in [4.69, 9.17) is 14.2 Å². The smallest absolute Gasteiger partial charge is 0.419 e. The Hall–Kier alpha value is -8.18. The minimum absolute atomic E-state index is 0.0214. The average Bonchev–Trinajstić information content (AvgIpc) is 3.82. The molecule has 21 nitrogen and oxygen atoms in total. The van der Waals surface area contributed by atoms with Crippen molar-refractivity contribution < 1.29 is 50.7 Å². The highest BCUT2D eigenvalue weighted by molar-refractivity contribution is 7.91. The molecule has 0 saturated carbocycles. The summed E-state index contributed by atoms with van der Waals surface area (Å²) in [5, 5.41) is 43.2. The Morgan fingerprint density at radius 1 is 0.924 bits per heavy atom. The lowest BCUT2D eigenvalue weighted by Crippen LogP contribution is -2.30. The Bertz CT molecular complexity index is 3250. The number of aryl methyl sites for hydroxylation is 1. The predicted molar refractivity (Wildman–Crippen MR) is 238 cm³/mol. The van der Waals surface area contributed by atoms with Crippen LogP contribution in [0.4, 0.5) is 33.2 Å². The zero-order valence-electron chi connectivity index (χ0n) is 35.6. The number of ether oxygens (including phenoxy) is 3. The molecule has 66 heavy (non-hydrogen) atoms. The molecule has 5 aromatic carbocycles. The van der Waals surface area contributed by atoms with Gasteiger partial charge in [-0.2, -0.15) is 5.11 Å². The summed E-state index contributed by atoms with van der Waals surface area (Å²) in [6, 6.07) is 25.5. The summed E-state index contributed by atoms with van der Waals surface area (Å²) in [5.74, 6) is 0.604. The third kappa shape index (κ3) is 9.95. The van der Waals surface area contributed by atoms with Crippen molar-refractivity contribution in [2.24, 2.45) is 10.2 Å². The van der Waals surface area contributed by atoms with Gasteiger partial charge in [0.25, 0.3) is 11.6 Å². The molecule has 0 saturated heterocycles. The number of methoxy groups -OCH3 is 1. The van der Waals surface area contributed by atoms with Crippen molar-refractivity contribution in [3.63, 3.8) is 0 Å². The van der Waals surface area contributed by atoms with E-state index in [-0.39, 0.29) is 60.4 Å². The summed E-state index contributed by atoms with van der Waals surface area (Å²) < 4.78 is 69.1. The molecule has 0 spiro atoms. The summed E-state index contributed by atoms with van der Waals surface area (Å²) in [7, 11) is -4.88. The van der Waals surface area contributed by atoms with Gasteiger partial charge in [-0.1, -0.05) is 12.1 Å². The molecule has 7 aromatic rings. The van der Waals surface area contributed by atoms with Crippen LogP contribution in [0.25, 0.3) is 5.65 Å². The molecule has 2 amide bonds.